The quantitative estimate of drug-likeness (QED) is 0.364. The largest absolute Gasteiger partial charge is 0.433 e. The first-order chi connectivity index (χ1) is 17.8. The third-order valence-corrected chi connectivity index (χ3v) is 6.33. The molecule has 4 aromatic rings. The maximum atomic E-state index is 13.4. The fourth-order valence-corrected chi connectivity index (χ4v) is 4.54. The van der Waals surface area contributed by atoms with E-state index in [1.807, 2.05) is 54.6 Å². The molecule has 1 aliphatic heterocycles. The van der Waals surface area contributed by atoms with Gasteiger partial charge in [0, 0.05) is 24.8 Å². The van der Waals surface area contributed by atoms with Gasteiger partial charge in [0.25, 0.3) is 5.91 Å². The number of hydrogen-bond acceptors (Lipinski definition) is 3. The molecule has 1 aromatic heterocycles. The summed E-state index contributed by atoms with van der Waals surface area (Å²) < 4.78 is 38.4. The normalized spacial score (nSPS) is 14.9. The summed E-state index contributed by atoms with van der Waals surface area (Å²) in [6.45, 7) is 0.184. The minimum Gasteiger partial charge on any atom is -0.350 e. The molecule has 8 heteroatoms. The van der Waals surface area contributed by atoms with Crippen LogP contribution in [0.1, 0.15) is 38.8 Å². The van der Waals surface area contributed by atoms with Crippen molar-refractivity contribution < 1.29 is 22.8 Å². The van der Waals surface area contributed by atoms with Crippen molar-refractivity contribution in [2.45, 2.75) is 25.3 Å². The molecule has 0 saturated carbocycles. The van der Waals surface area contributed by atoms with Crippen molar-refractivity contribution >= 4 is 11.8 Å². The van der Waals surface area contributed by atoms with Crippen LogP contribution in [-0.4, -0.2) is 21.7 Å². The summed E-state index contributed by atoms with van der Waals surface area (Å²) in [4.78, 5) is 31.8. The zero-order valence-corrected chi connectivity index (χ0v) is 19.6. The van der Waals surface area contributed by atoms with Gasteiger partial charge in [-0.3, -0.25) is 14.6 Å². The first-order valence-corrected chi connectivity index (χ1v) is 11.7. The lowest BCUT2D eigenvalue weighted by Gasteiger charge is -2.26. The molecule has 3 aromatic carbocycles. The van der Waals surface area contributed by atoms with Gasteiger partial charge in [0.05, 0.1) is 0 Å². The van der Waals surface area contributed by atoms with Gasteiger partial charge in [0.15, 0.2) is 0 Å². The monoisotopic (exact) mass is 501 g/mol. The standard InChI is InChI=1S/C29H22F3N3O2/c30-29(31,32)25-15-14-19(16-33-25)17-34-27(36)26-23-12-6-7-13-24(23)28(37)35(26)18-21-10-4-5-11-22(21)20-8-2-1-3-9-20/h1-16,26H,17-18H2,(H,34,36). The molecule has 37 heavy (non-hydrogen) atoms. The molecule has 0 fully saturated rings. The van der Waals surface area contributed by atoms with E-state index in [-0.39, 0.29) is 19.0 Å². The minimum absolute atomic E-state index is 0.0225. The van der Waals surface area contributed by atoms with Crippen LogP contribution in [0.2, 0.25) is 0 Å². The number of carbonyl (C=O) groups is 2. The van der Waals surface area contributed by atoms with E-state index >= 15 is 0 Å². The highest BCUT2D eigenvalue weighted by molar-refractivity contribution is 6.04. The molecule has 1 aliphatic rings. The number of hydrogen-bond donors (Lipinski definition) is 1. The molecule has 2 heterocycles. The van der Waals surface area contributed by atoms with E-state index in [0.29, 0.717) is 16.7 Å². The molecular formula is C29H22F3N3O2. The number of nitrogens with one attached hydrogen (secondary N) is 1. The summed E-state index contributed by atoms with van der Waals surface area (Å²) in [6.07, 6.45) is -3.45. The van der Waals surface area contributed by atoms with Gasteiger partial charge in [0.2, 0.25) is 5.91 Å². The predicted molar refractivity (Wildman–Crippen MR) is 132 cm³/mol. The van der Waals surface area contributed by atoms with E-state index in [9.17, 15) is 22.8 Å². The summed E-state index contributed by atoms with van der Waals surface area (Å²) >= 11 is 0. The highest BCUT2D eigenvalue weighted by atomic mass is 19.4. The number of nitrogens with zero attached hydrogens (tertiary/aromatic N) is 2. The van der Waals surface area contributed by atoms with Gasteiger partial charge >= 0.3 is 6.18 Å². The van der Waals surface area contributed by atoms with Crippen molar-refractivity contribution in [1.29, 1.82) is 0 Å². The molecule has 0 aliphatic carbocycles. The van der Waals surface area contributed by atoms with E-state index in [1.165, 1.54) is 11.0 Å². The predicted octanol–water partition coefficient (Wildman–Crippen LogP) is 5.78. The zero-order valence-electron chi connectivity index (χ0n) is 19.6. The molecule has 5 rings (SSSR count). The number of rotatable bonds is 6. The second kappa shape index (κ2) is 9.89. The minimum atomic E-state index is -4.54. The van der Waals surface area contributed by atoms with Crippen LogP contribution in [0.4, 0.5) is 13.2 Å². The number of alkyl halides is 3. The first-order valence-electron chi connectivity index (χ1n) is 11.7. The number of carbonyl (C=O) groups excluding carboxylic acids is 2. The Bertz CT molecular complexity index is 1440. The van der Waals surface area contributed by atoms with Crippen molar-refractivity contribution in [1.82, 2.24) is 15.2 Å². The fourth-order valence-electron chi connectivity index (χ4n) is 4.54. The van der Waals surface area contributed by atoms with E-state index in [1.54, 1.807) is 24.3 Å². The Morgan fingerprint density at radius 2 is 1.54 bits per heavy atom. The van der Waals surface area contributed by atoms with Gasteiger partial charge in [-0.2, -0.15) is 13.2 Å². The summed E-state index contributed by atoms with van der Waals surface area (Å²) in [5.41, 5.74) is 3.31. The van der Waals surface area contributed by atoms with E-state index in [4.69, 9.17) is 0 Å². The van der Waals surface area contributed by atoms with Crippen LogP contribution in [0.25, 0.3) is 11.1 Å². The average molecular weight is 502 g/mol. The lowest BCUT2D eigenvalue weighted by Crippen LogP contribution is -2.38. The van der Waals surface area contributed by atoms with Crippen molar-refractivity contribution in [3.05, 3.63) is 125 Å². The molecule has 2 amide bonds. The van der Waals surface area contributed by atoms with Gasteiger partial charge in [0.1, 0.15) is 11.7 Å². The number of amides is 2. The summed E-state index contributed by atoms with van der Waals surface area (Å²) in [7, 11) is 0. The number of pyridine rings is 1. The van der Waals surface area contributed by atoms with Gasteiger partial charge in [-0.25, -0.2) is 0 Å². The van der Waals surface area contributed by atoms with Gasteiger partial charge in [-0.15, -0.1) is 0 Å². The Labute approximate surface area is 211 Å². The zero-order chi connectivity index (χ0) is 26.0. The fraction of sp³-hybridized carbons (Fsp3) is 0.138. The van der Waals surface area contributed by atoms with Crippen LogP contribution in [0.5, 0.6) is 0 Å². The molecule has 1 atom stereocenters. The van der Waals surface area contributed by atoms with Crippen LogP contribution in [0.15, 0.2) is 97.2 Å². The lowest BCUT2D eigenvalue weighted by molar-refractivity contribution is -0.141. The second-order valence-corrected chi connectivity index (χ2v) is 8.71. The number of fused-ring (bicyclic) bond motifs is 1. The van der Waals surface area contributed by atoms with E-state index in [0.717, 1.165) is 29.0 Å². The molecule has 0 bridgehead atoms. The maximum Gasteiger partial charge on any atom is 0.433 e. The molecule has 186 valence electrons. The van der Waals surface area contributed by atoms with Crippen LogP contribution in [0.3, 0.4) is 0 Å². The highest BCUT2D eigenvalue weighted by Gasteiger charge is 2.41. The van der Waals surface area contributed by atoms with Gasteiger partial charge in [-0.05, 0) is 39.9 Å². The SMILES string of the molecule is O=C(NCc1ccc(C(F)(F)F)nc1)C1c2ccccc2C(=O)N1Cc1ccccc1-c1ccccc1. The molecular weight excluding hydrogens is 479 g/mol. The Morgan fingerprint density at radius 1 is 0.865 bits per heavy atom. The summed E-state index contributed by atoms with van der Waals surface area (Å²) in [6, 6.07) is 25.8. The number of aromatic nitrogens is 1. The van der Waals surface area contributed by atoms with E-state index in [2.05, 4.69) is 10.3 Å². The van der Waals surface area contributed by atoms with Crippen molar-refractivity contribution in [2.75, 3.05) is 0 Å². The Kier molecular flexibility index (Phi) is 6.48. The topological polar surface area (TPSA) is 62.3 Å². The molecule has 1 unspecified atom stereocenters. The average Bonchev–Trinajstić information content (AvgIpc) is 3.19. The second-order valence-electron chi connectivity index (χ2n) is 8.71. The van der Waals surface area contributed by atoms with Crippen LogP contribution < -0.4 is 5.32 Å². The lowest BCUT2D eigenvalue weighted by atomic mass is 9.99. The third-order valence-electron chi connectivity index (χ3n) is 6.33. The number of benzene rings is 3. The van der Waals surface area contributed by atoms with E-state index < -0.39 is 23.8 Å². The molecule has 0 saturated heterocycles. The van der Waals surface area contributed by atoms with Crippen LogP contribution in [-0.2, 0) is 24.1 Å². The van der Waals surface area contributed by atoms with Crippen LogP contribution in [0, 0.1) is 0 Å². The first kappa shape index (κ1) is 24.2. The maximum absolute atomic E-state index is 13.4. The van der Waals surface area contributed by atoms with Crippen molar-refractivity contribution in [3.8, 4) is 11.1 Å². The molecule has 5 nitrogen and oxygen atoms in total. The number of halogens is 3. The third kappa shape index (κ3) is 4.95. The molecule has 0 radical (unpaired) electrons. The Morgan fingerprint density at radius 3 is 2.24 bits per heavy atom. The molecule has 0 spiro atoms. The molecule has 1 N–H and O–H groups in total. The smallest absolute Gasteiger partial charge is 0.350 e. The highest BCUT2D eigenvalue weighted by Crippen LogP contribution is 2.36. The van der Waals surface area contributed by atoms with Gasteiger partial charge in [-0.1, -0.05) is 78.9 Å². The van der Waals surface area contributed by atoms with Crippen molar-refractivity contribution in [3.63, 3.8) is 0 Å². The Balaban J connectivity index is 1.41. The summed E-state index contributed by atoms with van der Waals surface area (Å²) in [5, 5.41) is 2.77. The van der Waals surface area contributed by atoms with Crippen molar-refractivity contribution in [2.24, 2.45) is 0 Å². The van der Waals surface area contributed by atoms with Crippen LogP contribution >= 0.6 is 0 Å². The Hall–Kier alpha value is -4.46. The summed E-state index contributed by atoms with van der Waals surface area (Å²) in [5.74, 6) is -0.676. The van der Waals surface area contributed by atoms with Gasteiger partial charge < -0.3 is 10.2 Å².